The number of ether oxygens (including phenoxy) is 1. The minimum absolute atomic E-state index is 0.00614. The summed E-state index contributed by atoms with van der Waals surface area (Å²) in [6.45, 7) is 6.26. The van der Waals surface area contributed by atoms with Crippen molar-refractivity contribution < 1.29 is 19.1 Å². The molecule has 2 rings (SSSR count). The van der Waals surface area contributed by atoms with Crippen LogP contribution in [0.15, 0.2) is 23.3 Å². The first kappa shape index (κ1) is 19.4. The Labute approximate surface area is 150 Å². The highest BCUT2D eigenvalue weighted by molar-refractivity contribution is 6.21. The summed E-state index contributed by atoms with van der Waals surface area (Å²) in [7, 11) is 0. The molecule has 0 radical (unpaired) electrons. The van der Waals surface area contributed by atoms with Crippen LogP contribution in [0.1, 0.15) is 65.7 Å². The topological polar surface area (TPSA) is 63.7 Å². The van der Waals surface area contributed by atoms with Crippen molar-refractivity contribution in [2.45, 2.75) is 77.8 Å². The van der Waals surface area contributed by atoms with Crippen molar-refractivity contribution in [1.82, 2.24) is 4.90 Å². The quantitative estimate of drug-likeness (QED) is 0.307. The smallest absolute Gasteiger partial charge is 0.330 e. The van der Waals surface area contributed by atoms with Crippen LogP contribution in [0.4, 0.5) is 0 Å². The molecule has 2 atom stereocenters. The zero-order valence-electron chi connectivity index (χ0n) is 15.5. The Morgan fingerprint density at radius 2 is 1.88 bits per heavy atom. The first-order chi connectivity index (χ1) is 12.0. The Morgan fingerprint density at radius 1 is 1.20 bits per heavy atom. The minimum Gasteiger partial charge on any atom is -0.463 e. The fourth-order valence-electron chi connectivity index (χ4n) is 3.76. The number of nitrogens with zero attached hydrogens (tertiary/aromatic N) is 1. The highest BCUT2D eigenvalue weighted by Gasteiger charge is 2.37. The van der Waals surface area contributed by atoms with Crippen LogP contribution in [0.3, 0.4) is 0 Å². The highest BCUT2D eigenvalue weighted by atomic mass is 16.5. The number of unbranched alkanes of at least 4 members (excludes halogenated alkanes) is 1. The van der Waals surface area contributed by atoms with Crippen molar-refractivity contribution in [1.29, 1.82) is 0 Å². The van der Waals surface area contributed by atoms with Crippen LogP contribution < -0.4 is 0 Å². The molecule has 2 aliphatic rings. The van der Waals surface area contributed by atoms with E-state index in [1.54, 1.807) is 13.0 Å². The molecule has 1 saturated heterocycles. The van der Waals surface area contributed by atoms with E-state index < -0.39 is 0 Å². The number of amides is 1. The van der Waals surface area contributed by atoms with Gasteiger partial charge in [0, 0.05) is 24.6 Å². The van der Waals surface area contributed by atoms with E-state index in [0.717, 1.165) is 37.7 Å². The van der Waals surface area contributed by atoms with Crippen LogP contribution in [0.25, 0.3) is 0 Å². The van der Waals surface area contributed by atoms with E-state index in [1.165, 1.54) is 6.08 Å². The number of hydrogen-bond acceptors (Lipinski definition) is 4. The molecule has 0 aromatic rings. The van der Waals surface area contributed by atoms with Gasteiger partial charge in [-0.05, 0) is 59.3 Å². The van der Waals surface area contributed by atoms with Crippen LogP contribution in [0, 0.1) is 0 Å². The number of esters is 1. The largest absolute Gasteiger partial charge is 0.463 e. The highest BCUT2D eigenvalue weighted by Crippen LogP contribution is 2.32. The second kappa shape index (κ2) is 8.97. The molecule has 0 spiro atoms. The predicted octanol–water partition coefficient (Wildman–Crippen LogP) is 3.33. The van der Waals surface area contributed by atoms with Crippen LogP contribution in [-0.4, -0.2) is 41.3 Å². The molecule has 0 aromatic carbocycles. The summed E-state index contributed by atoms with van der Waals surface area (Å²) >= 11 is 0. The molecule has 0 bridgehead atoms. The lowest BCUT2D eigenvalue weighted by molar-refractivity contribution is -0.137. The fourth-order valence-corrected chi connectivity index (χ4v) is 3.76. The number of likely N-dealkylation sites (tertiary alicyclic amines) is 1. The van der Waals surface area contributed by atoms with E-state index in [-0.39, 0.29) is 29.7 Å². The number of hydrogen-bond donors (Lipinski definition) is 0. The van der Waals surface area contributed by atoms with E-state index >= 15 is 0 Å². The lowest BCUT2D eigenvalue weighted by atomic mass is 10.0. The molecule has 5 nitrogen and oxygen atoms in total. The van der Waals surface area contributed by atoms with Gasteiger partial charge in [0.05, 0.1) is 12.2 Å². The zero-order valence-corrected chi connectivity index (χ0v) is 15.5. The third-order valence-electron chi connectivity index (χ3n) is 5.08. The molecule has 0 aromatic heterocycles. The fraction of sp³-hybridized carbons (Fsp3) is 0.650. The van der Waals surface area contributed by atoms with Crippen LogP contribution in [0.2, 0.25) is 0 Å². The van der Waals surface area contributed by atoms with Gasteiger partial charge in [-0.3, -0.25) is 9.59 Å². The molecule has 1 heterocycles. The number of carbonyl (C=O) groups excluding carboxylic acids is 3. The molecular weight excluding hydrogens is 318 g/mol. The molecule has 1 amide bonds. The number of Topliss-reactive ketones (excluding diaryl/α,β-unsaturated/α-hetero) is 1. The molecule has 0 saturated carbocycles. The lowest BCUT2D eigenvalue weighted by Crippen LogP contribution is -2.40. The number of rotatable bonds is 7. The summed E-state index contributed by atoms with van der Waals surface area (Å²) in [5, 5.41) is 0. The van der Waals surface area contributed by atoms with E-state index in [9.17, 15) is 14.4 Å². The predicted molar refractivity (Wildman–Crippen MR) is 95.9 cm³/mol. The molecule has 1 aliphatic heterocycles. The molecule has 5 heteroatoms. The second-order valence-electron chi connectivity index (χ2n) is 6.94. The molecule has 0 N–H and O–H groups in total. The van der Waals surface area contributed by atoms with E-state index in [0.29, 0.717) is 25.0 Å². The molecule has 1 aliphatic carbocycles. The van der Waals surface area contributed by atoms with Crippen LogP contribution >= 0.6 is 0 Å². The van der Waals surface area contributed by atoms with Crippen molar-refractivity contribution in [3.63, 3.8) is 0 Å². The number of ketones is 1. The summed E-state index contributed by atoms with van der Waals surface area (Å²) in [4.78, 5) is 38.3. The molecular formula is C20H29NO4. The SMILES string of the molecule is CCOC(=O)/C=C/CCCC1=C(C(=O)N2[C@H](C)CC[C@H]2C)C(=O)CC1. The van der Waals surface area contributed by atoms with Gasteiger partial charge in [-0.2, -0.15) is 0 Å². The van der Waals surface area contributed by atoms with Crippen molar-refractivity contribution >= 4 is 17.7 Å². The Morgan fingerprint density at radius 3 is 2.52 bits per heavy atom. The first-order valence-electron chi connectivity index (χ1n) is 9.36. The van der Waals surface area contributed by atoms with Gasteiger partial charge in [0.1, 0.15) is 0 Å². The molecule has 1 fully saturated rings. The number of allylic oxidation sites excluding steroid dienone is 2. The summed E-state index contributed by atoms with van der Waals surface area (Å²) in [6.07, 6.45) is 8.67. The van der Waals surface area contributed by atoms with E-state index in [2.05, 4.69) is 13.8 Å². The van der Waals surface area contributed by atoms with Gasteiger partial charge in [-0.25, -0.2) is 4.79 Å². The average Bonchev–Trinajstić information content (AvgIpc) is 3.09. The first-order valence-corrected chi connectivity index (χ1v) is 9.36. The van der Waals surface area contributed by atoms with Crippen molar-refractivity contribution in [2.24, 2.45) is 0 Å². The maximum absolute atomic E-state index is 12.9. The van der Waals surface area contributed by atoms with Gasteiger partial charge < -0.3 is 9.64 Å². The van der Waals surface area contributed by atoms with Gasteiger partial charge in [0.2, 0.25) is 0 Å². The molecule has 25 heavy (non-hydrogen) atoms. The van der Waals surface area contributed by atoms with Crippen molar-refractivity contribution in [3.05, 3.63) is 23.3 Å². The normalized spacial score (nSPS) is 23.8. The van der Waals surface area contributed by atoms with Crippen molar-refractivity contribution in [2.75, 3.05) is 6.61 Å². The second-order valence-corrected chi connectivity index (χ2v) is 6.94. The zero-order chi connectivity index (χ0) is 18.4. The van der Waals surface area contributed by atoms with E-state index in [4.69, 9.17) is 4.74 Å². The average molecular weight is 347 g/mol. The van der Waals surface area contributed by atoms with Gasteiger partial charge in [-0.1, -0.05) is 11.6 Å². The maximum Gasteiger partial charge on any atom is 0.330 e. The third-order valence-corrected chi connectivity index (χ3v) is 5.08. The maximum atomic E-state index is 12.9. The Hall–Kier alpha value is -1.91. The minimum atomic E-state index is -0.328. The summed E-state index contributed by atoms with van der Waals surface area (Å²) in [6, 6.07) is 0.411. The summed E-state index contributed by atoms with van der Waals surface area (Å²) in [5.74, 6) is -0.406. The van der Waals surface area contributed by atoms with Crippen LogP contribution in [0.5, 0.6) is 0 Å². The Kier molecular flexibility index (Phi) is 6.97. The Bertz CT molecular complexity index is 581. The summed E-state index contributed by atoms with van der Waals surface area (Å²) < 4.78 is 4.83. The van der Waals surface area contributed by atoms with Gasteiger partial charge in [-0.15, -0.1) is 0 Å². The monoisotopic (exact) mass is 347 g/mol. The summed E-state index contributed by atoms with van der Waals surface area (Å²) in [5.41, 5.74) is 1.43. The van der Waals surface area contributed by atoms with Gasteiger partial charge in [0.15, 0.2) is 5.78 Å². The standard InChI is InChI=1S/C20H29NO4/c1-4-25-18(23)9-7-5-6-8-16-12-13-17(22)19(16)20(24)21-14(2)10-11-15(21)3/h7,9,14-15H,4-6,8,10-13H2,1-3H3/b9-7+/t14-,15-/m1/s1. The van der Waals surface area contributed by atoms with Crippen LogP contribution in [-0.2, 0) is 19.1 Å². The van der Waals surface area contributed by atoms with E-state index in [1.807, 2.05) is 4.90 Å². The van der Waals surface area contributed by atoms with Gasteiger partial charge in [0.25, 0.3) is 5.91 Å². The Balaban J connectivity index is 1.96. The lowest BCUT2D eigenvalue weighted by Gasteiger charge is -2.27. The number of carbonyl (C=O) groups is 3. The molecule has 138 valence electrons. The van der Waals surface area contributed by atoms with Crippen molar-refractivity contribution in [3.8, 4) is 0 Å². The van der Waals surface area contributed by atoms with Gasteiger partial charge >= 0.3 is 5.97 Å². The third kappa shape index (κ3) is 4.80. The molecule has 0 unspecified atom stereocenters.